The molecule has 2 aromatic carbocycles. The molecular formula is C19H17N5. The van der Waals surface area contributed by atoms with E-state index >= 15 is 0 Å². The molecule has 0 aliphatic rings. The second-order valence-corrected chi connectivity index (χ2v) is 5.79. The fourth-order valence-corrected chi connectivity index (χ4v) is 2.71. The molecule has 0 unspecified atom stereocenters. The molecule has 0 spiro atoms. The van der Waals surface area contributed by atoms with E-state index < -0.39 is 0 Å². The van der Waals surface area contributed by atoms with Crippen LogP contribution in [0.5, 0.6) is 0 Å². The second-order valence-electron chi connectivity index (χ2n) is 5.79. The highest BCUT2D eigenvalue weighted by Gasteiger charge is 2.12. The van der Waals surface area contributed by atoms with Gasteiger partial charge in [0.25, 0.3) is 0 Å². The van der Waals surface area contributed by atoms with E-state index in [0.29, 0.717) is 5.82 Å². The van der Waals surface area contributed by atoms with Crippen LogP contribution in [0, 0.1) is 13.8 Å². The number of anilines is 2. The van der Waals surface area contributed by atoms with Crippen LogP contribution in [0.2, 0.25) is 0 Å². The maximum absolute atomic E-state index is 4.77. The van der Waals surface area contributed by atoms with Crippen LogP contribution < -0.4 is 5.32 Å². The fourth-order valence-electron chi connectivity index (χ4n) is 2.71. The minimum absolute atomic E-state index is 0.701. The number of nitrogens with zero attached hydrogens (tertiary/aromatic N) is 3. The van der Waals surface area contributed by atoms with Crippen molar-refractivity contribution < 1.29 is 0 Å². The van der Waals surface area contributed by atoms with Crippen LogP contribution in [0.25, 0.3) is 22.3 Å². The van der Waals surface area contributed by atoms with Crippen LogP contribution in [0.4, 0.5) is 11.6 Å². The van der Waals surface area contributed by atoms with E-state index in [2.05, 4.69) is 28.5 Å². The normalized spacial score (nSPS) is 10.9. The molecule has 2 N–H and O–H groups in total. The van der Waals surface area contributed by atoms with Gasteiger partial charge in [0.15, 0.2) is 11.6 Å². The van der Waals surface area contributed by atoms with E-state index in [1.807, 2.05) is 55.5 Å². The van der Waals surface area contributed by atoms with Gasteiger partial charge in [-0.05, 0) is 25.5 Å². The van der Waals surface area contributed by atoms with Crippen molar-refractivity contribution in [3.8, 4) is 11.4 Å². The van der Waals surface area contributed by atoms with Crippen molar-refractivity contribution in [1.29, 1.82) is 0 Å². The van der Waals surface area contributed by atoms with E-state index in [9.17, 15) is 0 Å². The summed E-state index contributed by atoms with van der Waals surface area (Å²) in [5.41, 5.74) is 4.05. The average molecular weight is 315 g/mol. The van der Waals surface area contributed by atoms with Gasteiger partial charge in [-0.25, -0.2) is 9.97 Å². The monoisotopic (exact) mass is 315 g/mol. The third kappa shape index (κ3) is 2.60. The molecule has 5 heteroatoms. The minimum Gasteiger partial charge on any atom is -0.323 e. The molecule has 0 saturated carbocycles. The molecule has 2 aromatic heterocycles. The van der Waals surface area contributed by atoms with Crippen molar-refractivity contribution in [3.63, 3.8) is 0 Å². The Morgan fingerprint density at radius 3 is 2.50 bits per heavy atom. The summed E-state index contributed by atoms with van der Waals surface area (Å²) < 4.78 is 0. The molecule has 4 aromatic rings. The summed E-state index contributed by atoms with van der Waals surface area (Å²) >= 11 is 0. The van der Waals surface area contributed by atoms with Crippen molar-refractivity contribution >= 4 is 22.5 Å². The van der Waals surface area contributed by atoms with Crippen molar-refractivity contribution in [1.82, 2.24) is 20.2 Å². The summed E-state index contributed by atoms with van der Waals surface area (Å²) in [5, 5.41) is 11.5. The largest absolute Gasteiger partial charge is 0.323 e. The summed E-state index contributed by atoms with van der Waals surface area (Å²) in [5.74, 6) is 2.20. The predicted octanol–water partition coefficient (Wildman–Crippen LogP) is 4.38. The number of aromatic nitrogens is 4. The molecule has 0 fully saturated rings. The fraction of sp³-hybridized carbons (Fsp3) is 0.105. The third-order valence-corrected chi connectivity index (χ3v) is 3.91. The van der Waals surface area contributed by atoms with Gasteiger partial charge < -0.3 is 5.32 Å². The topological polar surface area (TPSA) is 66.5 Å². The Bertz CT molecular complexity index is 1000. The highest BCUT2D eigenvalue weighted by Crippen LogP contribution is 2.28. The Morgan fingerprint density at radius 1 is 0.917 bits per heavy atom. The van der Waals surface area contributed by atoms with Gasteiger partial charge in [-0.3, -0.25) is 5.10 Å². The van der Waals surface area contributed by atoms with Gasteiger partial charge in [0.1, 0.15) is 5.82 Å². The van der Waals surface area contributed by atoms with Crippen LogP contribution in [-0.2, 0) is 0 Å². The van der Waals surface area contributed by atoms with Crippen molar-refractivity contribution in [2.75, 3.05) is 5.32 Å². The predicted molar refractivity (Wildman–Crippen MR) is 96.3 cm³/mol. The first-order valence-corrected chi connectivity index (χ1v) is 7.82. The minimum atomic E-state index is 0.701. The van der Waals surface area contributed by atoms with Gasteiger partial charge >= 0.3 is 0 Å². The number of aryl methyl sites for hydroxylation is 2. The van der Waals surface area contributed by atoms with E-state index in [0.717, 1.165) is 39.4 Å². The number of fused-ring (bicyclic) bond motifs is 1. The Labute approximate surface area is 139 Å². The first-order chi connectivity index (χ1) is 11.7. The maximum atomic E-state index is 4.77. The summed E-state index contributed by atoms with van der Waals surface area (Å²) in [6.45, 7) is 4.03. The first-order valence-electron chi connectivity index (χ1n) is 7.82. The lowest BCUT2D eigenvalue weighted by molar-refractivity contribution is 1.05. The maximum Gasteiger partial charge on any atom is 0.162 e. The molecule has 118 valence electrons. The number of benzene rings is 2. The lowest BCUT2D eigenvalue weighted by Crippen LogP contribution is -2.00. The van der Waals surface area contributed by atoms with E-state index in [4.69, 9.17) is 9.97 Å². The van der Waals surface area contributed by atoms with Gasteiger partial charge in [0, 0.05) is 22.7 Å². The smallest absolute Gasteiger partial charge is 0.162 e. The molecule has 0 bridgehead atoms. The number of rotatable bonds is 3. The molecular weight excluding hydrogens is 298 g/mol. The summed E-state index contributed by atoms with van der Waals surface area (Å²) in [6.07, 6.45) is 0. The molecule has 0 amide bonds. The molecule has 0 aliphatic heterocycles. The number of para-hydroxylation sites is 1. The van der Waals surface area contributed by atoms with Gasteiger partial charge in [0.05, 0.1) is 5.52 Å². The zero-order chi connectivity index (χ0) is 16.5. The van der Waals surface area contributed by atoms with Crippen LogP contribution in [-0.4, -0.2) is 20.2 Å². The van der Waals surface area contributed by atoms with Crippen molar-refractivity contribution in [2.45, 2.75) is 13.8 Å². The quantitative estimate of drug-likeness (QED) is 0.589. The Kier molecular flexibility index (Phi) is 3.46. The Balaban J connectivity index is 1.91. The van der Waals surface area contributed by atoms with Gasteiger partial charge in [-0.1, -0.05) is 42.5 Å². The van der Waals surface area contributed by atoms with Crippen molar-refractivity contribution in [3.05, 3.63) is 65.9 Å². The molecule has 24 heavy (non-hydrogen) atoms. The zero-order valence-electron chi connectivity index (χ0n) is 13.5. The Hall–Kier alpha value is -3.21. The molecule has 0 atom stereocenters. The highest BCUT2D eigenvalue weighted by molar-refractivity contribution is 5.93. The number of H-pyrrole nitrogens is 1. The van der Waals surface area contributed by atoms with Crippen LogP contribution in [0.3, 0.4) is 0 Å². The zero-order valence-corrected chi connectivity index (χ0v) is 13.5. The molecule has 0 radical (unpaired) electrons. The molecule has 5 nitrogen and oxygen atoms in total. The number of aromatic amines is 1. The third-order valence-electron chi connectivity index (χ3n) is 3.91. The Morgan fingerprint density at radius 2 is 1.75 bits per heavy atom. The van der Waals surface area contributed by atoms with E-state index in [1.54, 1.807) is 0 Å². The molecule has 0 saturated heterocycles. The standard InChI is InChI=1S/C19H17N5/c1-12-7-6-10-15-17(12)21-18(14-8-4-3-5-9-14)22-19(15)20-16-11-13(2)23-24-16/h3-11H,1-2H3,(H2,20,21,22,23,24). The molecule has 4 rings (SSSR count). The van der Waals surface area contributed by atoms with Crippen molar-refractivity contribution in [2.24, 2.45) is 0 Å². The molecule has 0 aliphatic carbocycles. The lowest BCUT2D eigenvalue weighted by atomic mass is 10.1. The van der Waals surface area contributed by atoms with Gasteiger partial charge in [0.2, 0.25) is 0 Å². The number of hydrogen-bond donors (Lipinski definition) is 2. The lowest BCUT2D eigenvalue weighted by Gasteiger charge is -2.11. The van der Waals surface area contributed by atoms with E-state index in [1.165, 1.54) is 0 Å². The van der Waals surface area contributed by atoms with Gasteiger partial charge in [-0.15, -0.1) is 0 Å². The number of hydrogen-bond acceptors (Lipinski definition) is 4. The van der Waals surface area contributed by atoms with Crippen LogP contribution in [0.1, 0.15) is 11.3 Å². The summed E-state index contributed by atoms with van der Waals surface area (Å²) in [6, 6.07) is 18.1. The van der Waals surface area contributed by atoms with Crippen LogP contribution in [0.15, 0.2) is 54.6 Å². The SMILES string of the molecule is Cc1cc(Nc2nc(-c3ccccc3)nc3c(C)cccc23)n[nH]1. The van der Waals surface area contributed by atoms with Gasteiger partial charge in [-0.2, -0.15) is 5.10 Å². The summed E-state index contributed by atoms with van der Waals surface area (Å²) in [4.78, 5) is 9.51. The van der Waals surface area contributed by atoms with E-state index in [-0.39, 0.29) is 0 Å². The second kappa shape index (κ2) is 5.77. The average Bonchev–Trinajstić information content (AvgIpc) is 3.01. The first kappa shape index (κ1) is 14.4. The number of nitrogens with one attached hydrogen (secondary N) is 2. The highest BCUT2D eigenvalue weighted by atomic mass is 15.2. The molecule has 2 heterocycles. The van der Waals surface area contributed by atoms with Crippen LogP contribution >= 0.6 is 0 Å². The summed E-state index contributed by atoms with van der Waals surface area (Å²) in [7, 11) is 0.